The summed E-state index contributed by atoms with van der Waals surface area (Å²) in [5.41, 5.74) is 2.42. The molecule has 2 aromatic rings. The molecular formula is C18H20Cl2N2O3S. The van der Waals surface area contributed by atoms with Crippen LogP contribution in [-0.4, -0.2) is 26.6 Å². The highest BCUT2D eigenvalue weighted by atomic mass is 35.5. The maximum Gasteiger partial charge on any atom is 0.248 e. The molecule has 0 spiro atoms. The highest BCUT2D eigenvalue weighted by Crippen LogP contribution is 2.29. The van der Waals surface area contributed by atoms with Crippen LogP contribution in [0.4, 0.5) is 11.4 Å². The number of hydrogen-bond donors (Lipinski definition) is 1. The first-order chi connectivity index (χ1) is 12.0. The van der Waals surface area contributed by atoms with Crippen molar-refractivity contribution in [2.24, 2.45) is 0 Å². The average molecular weight is 415 g/mol. The normalized spacial score (nSPS) is 12.5. The minimum atomic E-state index is -3.72. The predicted octanol–water partition coefficient (Wildman–Crippen LogP) is 4.40. The molecule has 0 aliphatic carbocycles. The SMILES string of the molecule is Cc1cc(Cl)ccc1NC(=O)[C@H](C)N(c1cc(Cl)ccc1C)S(C)(=O)=O. The topological polar surface area (TPSA) is 66.5 Å². The van der Waals surface area contributed by atoms with E-state index < -0.39 is 22.0 Å². The molecule has 0 aliphatic rings. The van der Waals surface area contributed by atoms with E-state index in [0.717, 1.165) is 16.1 Å². The van der Waals surface area contributed by atoms with Crippen molar-refractivity contribution < 1.29 is 13.2 Å². The number of carbonyl (C=O) groups excluding carboxylic acids is 1. The fourth-order valence-corrected chi connectivity index (χ4v) is 4.22. The summed E-state index contributed by atoms with van der Waals surface area (Å²) in [5, 5.41) is 3.70. The fraction of sp³-hybridized carbons (Fsp3) is 0.278. The van der Waals surface area contributed by atoms with Gasteiger partial charge in [0.2, 0.25) is 15.9 Å². The van der Waals surface area contributed by atoms with Crippen LogP contribution in [0.3, 0.4) is 0 Å². The molecular weight excluding hydrogens is 395 g/mol. The molecule has 140 valence electrons. The predicted molar refractivity (Wildman–Crippen MR) is 108 cm³/mol. The van der Waals surface area contributed by atoms with Gasteiger partial charge in [-0.25, -0.2) is 8.42 Å². The quantitative estimate of drug-likeness (QED) is 0.787. The monoisotopic (exact) mass is 414 g/mol. The Balaban J connectivity index is 2.39. The zero-order chi connectivity index (χ0) is 19.6. The number of carbonyl (C=O) groups is 1. The van der Waals surface area contributed by atoms with Crippen LogP contribution in [0, 0.1) is 13.8 Å². The summed E-state index contributed by atoms with van der Waals surface area (Å²) in [6.07, 6.45) is 1.06. The van der Waals surface area contributed by atoms with Crippen LogP contribution in [0.1, 0.15) is 18.1 Å². The average Bonchev–Trinajstić information content (AvgIpc) is 2.52. The van der Waals surface area contributed by atoms with E-state index in [9.17, 15) is 13.2 Å². The standard InChI is InChI=1S/C18H20Cl2N2O3S/c1-11-5-6-15(20)10-17(11)22(26(4,24)25)13(3)18(23)21-16-8-7-14(19)9-12(16)2/h5-10,13H,1-4H3,(H,21,23)/t13-/m0/s1. The lowest BCUT2D eigenvalue weighted by Crippen LogP contribution is -2.45. The Hall–Kier alpha value is -1.76. The number of amides is 1. The van der Waals surface area contributed by atoms with Crippen molar-refractivity contribution in [1.82, 2.24) is 0 Å². The Morgan fingerprint density at radius 3 is 2.19 bits per heavy atom. The maximum atomic E-state index is 12.7. The molecule has 0 radical (unpaired) electrons. The molecule has 0 aromatic heterocycles. The van der Waals surface area contributed by atoms with Gasteiger partial charge in [-0.3, -0.25) is 9.10 Å². The Labute approximate surface area is 164 Å². The molecule has 0 bridgehead atoms. The number of nitrogens with zero attached hydrogens (tertiary/aromatic N) is 1. The Morgan fingerprint density at radius 1 is 1.04 bits per heavy atom. The van der Waals surface area contributed by atoms with Gasteiger partial charge in [0.1, 0.15) is 6.04 Å². The maximum absolute atomic E-state index is 12.7. The van der Waals surface area contributed by atoms with Crippen LogP contribution in [0.15, 0.2) is 36.4 Å². The zero-order valence-electron chi connectivity index (χ0n) is 14.9. The Bertz CT molecular complexity index is 945. The number of benzene rings is 2. The molecule has 8 heteroatoms. The number of sulfonamides is 1. The van der Waals surface area contributed by atoms with Gasteiger partial charge in [0.05, 0.1) is 11.9 Å². The van der Waals surface area contributed by atoms with Crippen molar-refractivity contribution in [1.29, 1.82) is 0 Å². The third-order valence-corrected chi connectivity index (χ3v) is 5.64. The number of aryl methyl sites for hydroxylation is 2. The van der Waals surface area contributed by atoms with E-state index in [1.54, 1.807) is 37.3 Å². The molecule has 0 saturated carbocycles. The molecule has 0 fully saturated rings. The third-order valence-electron chi connectivity index (χ3n) is 3.94. The minimum Gasteiger partial charge on any atom is -0.324 e. The van der Waals surface area contributed by atoms with Gasteiger partial charge in [-0.1, -0.05) is 29.3 Å². The highest BCUT2D eigenvalue weighted by molar-refractivity contribution is 7.92. The molecule has 5 nitrogen and oxygen atoms in total. The van der Waals surface area contributed by atoms with E-state index in [2.05, 4.69) is 5.32 Å². The van der Waals surface area contributed by atoms with Crippen molar-refractivity contribution in [3.63, 3.8) is 0 Å². The molecule has 1 amide bonds. The first kappa shape index (κ1) is 20.6. The van der Waals surface area contributed by atoms with Gasteiger partial charge < -0.3 is 5.32 Å². The largest absolute Gasteiger partial charge is 0.324 e. The summed E-state index contributed by atoms with van der Waals surface area (Å²) in [5.74, 6) is -0.458. The third kappa shape index (κ3) is 4.69. The van der Waals surface area contributed by atoms with Crippen LogP contribution in [0.5, 0.6) is 0 Å². The summed E-state index contributed by atoms with van der Waals surface area (Å²) in [4.78, 5) is 12.7. The van der Waals surface area contributed by atoms with Crippen LogP contribution in [-0.2, 0) is 14.8 Å². The minimum absolute atomic E-state index is 0.371. The van der Waals surface area contributed by atoms with Crippen molar-refractivity contribution in [2.75, 3.05) is 15.9 Å². The van der Waals surface area contributed by atoms with Gasteiger partial charge in [-0.15, -0.1) is 0 Å². The van der Waals surface area contributed by atoms with E-state index >= 15 is 0 Å². The molecule has 1 N–H and O–H groups in total. The van der Waals surface area contributed by atoms with E-state index in [-0.39, 0.29) is 0 Å². The second kappa shape index (κ2) is 7.86. The van der Waals surface area contributed by atoms with Crippen molar-refractivity contribution >= 4 is 50.5 Å². The van der Waals surface area contributed by atoms with Gasteiger partial charge in [0.25, 0.3) is 0 Å². The lowest BCUT2D eigenvalue weighted by atomic mass is 10.1. The second-order valence-electron chi connectivity index (χ2n) is 6.11. The Kier molecular flexibility index (Phi) is 6.21. The van der Waals surface area contributed by atoms with Gasteiger partial charge in [0.15, 0.2) is 0 Å². The second-order valence-corrected chi connectivity index (χ2v) is 8.85. The summed E-state index contributed by atoms with van der Waals surface area (Å²) in [6.45, 7) is 5.10. The van der Waals surface area contributed by atoms with Crippen LogP contribution in [0.25, 0.3) is 0 Å². The summed E-state index contributed by atoms with van der Waals surface area (Å²) in [6, 6.07) is 9.00. The van der Waals surface area contributed by atoms with Crippen molar-refractivity contribution in [2.45, 2.75) is 26.8 Å². The van der Waals surface area contributed by atoms with Crippen molar-refractivity contribution in [3.05, 3.63) is 57.6 Å². The molecule has 0 aliphatic heterocycles. The summed E-state index contributed by atoms with van der Waals surface area (Å²) < 4.78 is 25.9. The van der Waals surface area contributed by atoms with E-state index in [0.29, 0.717) is 27.0 Å². The molecule has 1 atom stereocenters. The van der Waals surface area contributed by atoms with Gasteiger partial charge in [0, 0.05) is 15.7 Å². The molecule has 2 aromatic carbocycles. The molecule has 0 unspecified atom stereocenters. The van der Waals surface area contributed by atoms with Gasteiger partial charge in [-0.05, 0) is 62.2 Å². The number of nitrogens with one attached hydrogen (secondary N) is 1. The van der Waals surface area contributed by atoms with Gasteiger partial charge in [-0.2, -0.15) is 0 Å². The lowest BCUT2D eigenvalue weighted by molar-refractivity contribution is -0.116. The van der Waals surface area contributed by atoms with Crippen LogP contribution in [0.2, 0.25) is 10.0 Å². The Morgan fingerprint density at radius 2 is 1.62 bits per heavy atom. The number of halogens is 2. The fourth-order valence-electron chi connectivity index (χ4n) is 2.61. The van der Waals surface area contributed by atoms with E-state index in [4.69, 9.17) is 23.2 Å². The highest BCUT2D eigenvalue weighted by Gasteiger charge is 2.30. The zero-order valence-corrected chi connectivity index (χ0v) is 17.2. The smallest absolute Gasteiger partial charge is 0.248 e. The first-order valence-electron chi connectivity index (χ1n) is 7.83. The molecule has 0 heterocycles. The summed E-state index contributed by atoms with van der Waals surface area (Å²) >= 11 is 12.0. The number of anilines is 2. The van der Waals surface area contributed by atoms with E-state index in [1.165, 1.54) is 13.0 Å². The van der Waals surface area contributed by atoms with Crippen LogP contribution >= 0.6 is 23.2 Å². The first-order valence-corrected chi connectivity index (χ1v) is 10.4. The van der Waals surface area contributed by atoms with Crippen LogP contribution < -0.4 is 9.62 Å². The van der Waals surface area contributed by atoms with E-state index in [1.807, 2.05) is 6.92 Å². The van der Waals surface area contributed by atoms with Gasteiger partial charge >= 0.3 is 0 Å². The number of rotatable bonds is 5. The molecule has 26 heavy (non-hydrogen) atoms. The summed E-state index contributed by atoms with van der Waals surface area (Å²) in [7, 11) is -3.72. The van der Waals surface area contributed by atoms with Crippen molar-refractivity contribution in [3.8, 4) is 0 Å². The number of hydrogen-bond acceptors (Lipinski definition) is 3. The molecule has 0 saturated heterocycles. The lowest BCUT2D eigenvalue weighted by Gasteiger charge is -2.29. The molecule has 2 rings (SSSR count).